The van der Waals surface area contributed by atoms with Crippen LogP contribution in [0.15, 0.2) is 36.4 Å². The monoisotopic (exact) mass is 392 g/mol. The number of primary amides is 1. The maximum atomic E-state index is 12.6. The van der Waals surface area contributed by atoms with Crippen LogP contribution in [0.3, 0.4) is 0 Å². The molecule has 1 aliphatic rings. The van der Waals surface area contributed by atoms with Gasteiger partial charge in [0.15, 0.2) is 0 Å². The summed E-state index contributed by atoms with van der Waals surface area (Å²) in [6.45, 7) is 1.97. The number of nitrogens with two attached hydrogens (primary N) is 1. The third-order valence-corrected chi connectivity index (χ3v) is 5.62. The zero-order chi connectivity index (χ0) is 20.5. The molecule has 1 heterocycles. The molecule has 0 radical (unpaired) electrons. The van der Waals surface area contributed by atoms with Crippen LogP contribution in [-0.4, -0.2) is 33.2 Å². The Hall–Kier alpha value is -3.19. The molecule has 2 atom stereocenters. The number of benzene rings is 2. The second-order valence-corrected chi connectivity index (χ2v) is 7.73. The second kappa shape index (κ2) is 7.67. The van der Waals surface area contributed by atoms with E-state index in [0.29, 0.717) is 23.4 Å². The van der Waals surface area contributed by atoms with E-state index in [2.05, 4.69) is 15.5 Å². The van der Waals surface area contributed by atoms with Gasteiger partial charge >= 0.3 is 0 Å². The van der Waals surface area contributed by atoms with E-state index in [9.17, 15) is 14.7 Å². The summed E-state index contributed by atoms with van der Waals surface area (Å²) < 4.78 is 0. The van der Waals surface area contributed by atoms with Crippen LogP contribution in [0.4, 0.5) is 5.69 Å². The fraction of sp³-hybridized carbons (Fsp3) is 0.318. The Balaban J connectivity index is 1.65. The normalized spacial score (nSPS) is 19.2. The summed E-state index contributed by atoms with van der Waals surface area (Å²) in [4.78, 5) is 24.2. The highest BCUT2D eigenvalue weighted by atomic mass is 16.3. The highest BCUT2D eigenvalue weighted by molar-refractivity contribution is 6.01. The largest absolute Gasteiger partial charge is 0.393 e. The molecular weight excluding hydrogens is 368 g/mol. The minimum atomic E-state index is -0.494. The second-order valence-electron chi connectivity index (χ2n) is 7.73. The lowest BCUT2D eigenvalue weighted by molar-refractivity contribution is -0.122. The van der Waals surface area contributed by atoms with Gasteiger partial charge in [-0.25, -0.2) is 0 Å². The Labute approximate surface area is 168 Å². The third-order valence-electron chi connectivity index (χ3n) is 5.62. The van der Waals surface area contributed by atoms with Crippen LogP contribution in [0.1, 0.15) is 41.6 Å². The number of aromatic nitrogens is 2. The van der Waals surface area contributed by atoms with Crippen molar-refractivity contribution in [3.63, 3.8) is 0 Å². The van der Waals surface area contributed by atoms with Crippen LogP contribution in [0.25, 0.3) is 22.2 Å². The average molecular weight is 392 g/mol. The highest BCUT2D eigenvalue weighted by Crippen LogP contribution is 2.32. The summed E-state index contributed by atoms with van der Waals surface area (Å²) in [5.74, 6) is -0.735. The van der Waals surface area contributed by atoms with Crippen molar-refractivity contribution in [2.75, 3.05) is 5.32 Å². The van der Waals surface area contributed by atoms with E-state index in [1.54, 1.807) is 18.2 Å². The molecule has 7 nitrogen and oxygen atoms in total. The number of H-pyrrole nitrogens is 1. The van der Waals surface area contributed by atoms with Crippen molar-refractivity contribution in [3.8, 4) is 11.3 Å². The molecule has 4 rings (SSSR count). The Morgan fingerprint density at radius 3 is 2.79 bits per heavy atom. The standard InChI is InChI=1S/C22H24N4O3/c1-12-5-7-15(24-22(29)14-3-2-4-16(27)9-14)11-17(12)20-18-10-13(21(23)28)6-8-19(18)25-26-20/h5-8,10-11,14,16,27H,2-4,9H2,1H3,(H2,23,28)(H,24,29)(H,25,26)/t14-,16?/m1/s1. The number of hydrogen-bond acceptors (Lipinski definition) is 4. The molecule has 5 N–H and O–H groups in total. The first-order chi connectivity index (χ1) is 13.9. The Morgan fingerprint density at radius 2 is 2.03 bits per heavy atom. The van der Waals surface area contributed by atoms with E-state index in [-0.39, 0.29) is 11.8 Å². The van der Waals surface area contributed by atoms with Gasteiger partial charge in [-0.2, -0.15) is 5.10 Å². The zero-order valence-corrected chi connectivity index (χ0v) is 16.2. The third kappa shape index (κ3) is 3.86. The molecule has 3 aromatic rings. The van der Waals surface area contributed by atoms with Crippen LogP contribution >= 0.6 is 0 Å². The average Bonchev–Trinajstić information content (AvgIpc) is 3.12. The van der Waals surface area contributed by atoms with E-state index in [1.165, 1.54) is 0 Å². The quantitative estimate of drug-likeness (QED) is 0.545. The fourth-order valence-corrected chi connectivity index (χ4v) is 3.97. The lowest BCUT2D eigenvalue weighted by atomic mass is 9.86. The van der Waals surface area contributed by atoms with Gasteiger partial charge in [-0.3, -0.25) is 14.7 Å². The molecule has 0 saturated heterocycles. The predicted molar refractivity (Wildman–Crippen MR) is 111 cm³/mol. The lowest BCUT2D eigenvalue weighted by Gasteiger charge is -2.25. The first-order valence-electron chi connectivity index (χ1n) is 9.80. The predicted octanol–water partition coefficient (Wildman–Crippen LogP) is 3.13. The molecule has 2 aromatic carbocycles. The van der Waals surface area contributed by atoms with Crippen molar-refractivity contribution in [2.45, 2.75) is 38.7 Å². The van der Waals surface area contributed by atoms with Crippen molar-refractivity contribution in [1.82, 2.24) is 10.2 Å². The van der Waals surface area contributed by atoms with Gasteiger partial charge in [0.2, 0.25) is 11.8 Å². The smallest absolute Gasteiger partial charge is 0.248 e. The van der Waals surface area contributed by atoms with E-state index in [0.717, 1.165) is 41.3 Å². The van der Waals surface area contributed by atoms with E-state index in [4.69, 9.17) is 5.73 Å². The van der Waals surface area contributed by atoms with Crippen LogP contribution < -0.4 is 11.1 Å². The fourth-order valence-electron chi connectivity index (χ4n) is 3.97. The number of rotatable bonds is 4. The number of aliphatic hydroxyl groups excluding tert-OH is 1. The summed E-state index contributed by atoms with van der Waals surface area (Å²) in [5.41, 5.74) is 9.87. The van der Waals surface area contributed by atoms with Crippen LogP contribution in [-0.2, 0) is 4.79 Å². The van der Waals surface area contributed by atoms with Crippen LogP contribution in [0.2, 0.25) is 0 Å². The Kier molecular flexibility index (Phi) is 5.07. The molecule has 150 valence electrons. The molecule has 1 aliphatic carbocycles. The summed E-state index contributed by atoms with van der Waals surface area (Å²) in [6, 6.07) is 10.8. The van der Waals surface area contributed by atoms with Gasteiger partial charge in [0.25, 0.3) is 0 Å². The lowest BCUT2D eigenvalue weighted by Crippen LogP contribution is -2.30. The van der Waals surface area contributed by atoms with Crippen molar-refractivity contribution < 1.29 is 14.7 Å². The number of aromatic amines is 1. The van der Waals surface area contributed by atoms with E-state index < -0.39 is 12.0 Å². The molecule has 0 aliphatic heterocycles. The number of carbonyl (C=O) groups is 2. The minimum Gasteiger partial charge on any atom is -0.393 e. The topological polar surface area (TPSA) is 121 Å². The minimum absolute atomic E-state index is 0.0681. The molecule has 0 bridgehead atoms. The van der Waals surface area contributed by atoms with Gasteiger partial charge in [-0.1, -0.05) is 12.5 Å². The van der Waals surface area contributed by atoms with Gasteiger partial charge in [-0.05, 0) is 62.1 Å². The van der Waals surface area contributed by atoms with Crippen molar-refractivity contribution in [1.29, 1.82) is 0 Å². The maximum absolute atomic E-state index is 12.6. The molecule has 1 unspecified atom stereocenters. The van der Waals surface area contributed by atoms with Gasteiger partial charge in [-0.15, -0.1) is 0 Å². The number of fused-ring (bicyclic) bond motifs is 1. The molecule has 0 spiro atoms. The van der Waals surface area contributed by atoms with Crippen molar-refractivity contribution in [3.05, 3.63) is 47.5 Å². The van der Waals surface area contributed by atoms with Gasteiger partial charge in [0, 0.05) is 28.1 Å². The first kappa shape index (κ1) is 19.1. The molecule has 2 amide bonds. The highest BCUT2D eigenvalue weighted by Gasteiger charge is 2.26. The number of amides is 2. The molecule has 1 fully saturated rings. The number of carbonyl (C=O) groups excluding carboxylic acids is 2. The van der Waals surface area contributed by atoms with Crippen molar-refractivity contribution in [2.24, 2.45) is 11.7 Å². The van der Waals surface area contributed by atoms with Gasteiger partial charge in [0.05, 0.1) is 11.6 Å². The molecule has 29 heavy (non-hydrogen) atoms. The Morgan fingerprint density at radius 1 is 1.21 bits per heavy atom. The SMILES string of the molecule is Cc1ccc(NC(=O)[C@@H]2CCCC(O)C2)cc1-c1n[nH]c2ccc(C(N)=O)cc12. The number of nitrogens with one attached hydrogen (secondary N) is 2. The van der Waals surface area contributed by atoms with Crippen LogP contribution in [0, 0.1) is 12.8 Å². The van der Waals surface area contributed by atoms with E-state index in [1.807, 2.05) is 25.1 Å². The summed E-state index contributed by atoms with van der Waals surface area (Å²) in [7, 11) is 0. The molecular formula is C22H24N4O3. The summed E-state index contributed by atoms with van der Waals surface area (Å²) in [6.07, 6.45) is 2.52. The van der Waals surface area contributed by atoms with Gasteiger partial charge in [0.1, 0.15) is 5.69 Å². The molecule has 1 saturated carbocycles. The molecule has 1 aromatic heterocycles. The molecule has 7 heteroatoms. The van der Waals surface area contributed by atoms with E-state index >= 15 is 0 Å². The Bertz CT molecular complexity index is 1090. The number of aryl methyl sites for hydroxylation is 1. The first-order valence-corrected chi connectivity index (χ1v) is 9.80. The van der Waals surface area contributed by atoms with Crippen LogP contribution in [0.5, 0.6) is 0 Å². The van der Waals surface area contributed by atoms with Gasteiger partial charge < -0.3 is 16.2 Å². The number of anilines is 1. The number of aliphatic hydroxyl groups is 1. The van der Waals surface area contributed by atoms with Crippen molar-refractivity contribution >= 4 is 28.4 Å². The zero-order valence-electron chi connectivity index (χ0n) is 16.2. The number of hydrogen-bond donors (Lipinski definition) is 4. The number of nitrogens with zero attached hydrogens (tertiary/aromatic N) is 1. The summed E-state index contributed by atoms with van der Waals surface area (Å²) >= 11 is 0. The maximum Gasteiger partial charge on any atom is 0.248 e. The summed E-state index contributed by atoms with van der Waals surface area (Å²) in [5, 5.41) is 21.0.